The van der Waals surface area contributed by atoms with Crippen molar-refractivity contribution >= 4 is 5.97 Å². The minimum absolute atomic E-state index is 0.192. The third-order valence-electron chi connectivity index (χ3n) is 2.17. The number of rotatable bonds is 6. The lowest BCUT2D eigenvalue weighted by molar-refractivity contribution is 0.0526. The van der Waals surface area contributed by atoms with E-state index in [9.17, 15) is 4.79 Å². The molecule has 1 rings (SSSR count). The van der Waals surface area contributed by atoms with Crippen LogP contribution in [0.5, 0.6) is 0 Å². The van der Waals surface area contributed by atoms with Gasteiger partial charge in [0, 0.05) is 18.5 Å². The van der Waals surface area contributed by atoms with Crippen molar-refractivity contribution in [3.05, 3.63) is 29.6 Å². The Bertz CT molecular complexity index is 339. The van der Waals surface area contributed by atoms with Crippen LogP contribution in [0.2, 0.25) is 0 Å². The first-order valence-electron chi connectivity index (χ1n) is 5.50. The molecule has 0 aliphatic heterocycles. The fraction of sp³-hybridized carbons (Fsp3) is 0.500. The Kier molecular flexibility index (Phi) is 5.50. The van der Waals surface area contributed by atoms with Gasteiger partial charge in [0.1, 0.15) is 0 Å². The number of hydrogen-bond acceptors (Lipinski definition) is 4. The van der Waals surface area contributed by atoms with Gasteiger partial charge < -0.3 is 9.84 Å². The first-order chi connectivity index (χ1) is 7.77. The molecule has 4 nitrogen and oxygen atoms in total. The molecule has 0 fully saturated rings. The molecule has 0 bridgehead atoms. The van der Waals surface area contributed by atoms with Crippen molar-refractivity contribution in [1.82, 2.24) is 4.98 Å². The fourth-order valence-corrected chi connectivity index (χ4v) is 1.37. The van der Waals surface area contributed by atoms with Crippen molar-refractivity contribution in [3.63, 3.8) is 0 Å². The average Bonchev–Trinajstić information content (AvgIpc) is 2.30. The molecule has 0 aromatic carbocycles. The van der Waals surface area contributed by atoms with E-state index >= 15 is 0 Å². The predicted molar refractivity (Wildman–Crippen MR) is 60.2 cm³/mol. The first kappa shape index (κ1) is 12.6. The Morgan fingerprint density at radius 2 is 2.31 bits per heavy atom. The third-order valence-corrected chi connectivity index (χ3v) is 2.17. The second-order valence-electron chi connectivity index (χ2n) is 3.44. The van der Waals surface area contributed by atoms with E-state index in [1.165, 1.54) is 0 Å². The molecule has 88 valence electrons. The maximum Gasteiger partial charge on any atom is 0.338 e. The van der Waals surface area contributed by atoms with Gasteiger partial charge in [-0.3, -0.25) is 4.98 Å². The van der Waals surface area contributed by atoms with Gasteiger partial charge in [-0.1, -0.05) is 0 Å². The van der Waals surface area contributed by atoms with E-state index in [0.29, 0.717) is 12.2 Å². The van der Waals surface area contributed by atoms with E-state index in [1.54, 1.807) is 25.3 Å². The smallest absolute Gasteiger partial charge is 0.338 e. The van der Waals surface area contributed by atoms with Crippen molar-refractivity contribution in [1.29, 1.82) is 0 Å². The molecule has 1 heterocycles. The highest BCUT2D eigenvalue weighted by molar-refractivity contribution is 5.89. The zero-order valence-corrected chi connectivity index (χ0v) is 9.48. The van der Waals surface area contributed by atoms with Gasteiger partial charge in [-0.25, -0.2) is 4.79 Å². The second kappa shape index (κ2) is 6.95. The van der Waals surface area contributed by atoms with E-state index in [-0.39, 0.29) is 12.6 Å². The SMILES string of the molecule is CCOC(=O)c1ccnc(CCCCO)c1. The molecular formula is C12H17NO3. The monoisotopic (exact) mass is 223 g/mol. The summed E-state index contributed by atoms with van der Waals surface area (Å²) in [6.45, 7) is 2.35. The molecule has 0 unspecified atom stereocenters. The van der Waals surface area contributed by atoms with Gasteiger partial charge in [0.25, 0.3) is 0 Å². The molecule has 1 N–H and O–H groups in total. The van der Waals surface area contributed by atoms with Crippen LogP contribution in [0.4, 0.5) is 0 Å². The fourth-order valence-electron chi connectivity index (χ4n) is 1.37. The molecule has 0 radical (unpaired) electrons. The van der Waals surface area contributed by atoms with E-state index in [0.717, 1.165) is 25.0 Å². The van der Waals surface area contributed by atoms with Crippen LogP contribution >= 0.6 is 0 Å². The maximum atomic E-state index is 11.4. The topological polar surface area (TPSA) is 59.4 Å². The van der Waals surface area contributed by atoms with Gasteiger partial charge in [0.05, 0.1) is 12.2 Å². The average molecular weight is 223 g/mol. The highest BCUT2D eigenvalue weighted by Crippen LogP contribution is 2.07. The van der Waals surface area contributed by atoms with Crippen LogP contribution < -0.4 is 0 Å². The summed E-state index contributed by atoms with van der Waals surface area (Å²) in [5.41, 5.74) is 1.40. The van der Waals surface area contributed by atoms with Crippen LogP contribution in [-0.4, -0.2) is 29.3 Å². The van der Waals surface area contributed by atoms with Crippen molar-refractivity contribution in [2.45, 2.75) is 26.2 Å². The number of hydrogen-bond donors (Lipinski definition) is 1. The molecule has 0 aliphatic rings. The standard InChI is InChI=1S/C12H17NO3/c1-2-16-12(15)10-6-7-13-11(9-10)5-3-4-8-14/h6-7,9,14H,2-5,8H2,1H3. The Hall–Kier alpha value is -1.42. The quantitative estimate of drug-likeness (QED) is 0.587. The number of ether oxygens (including phenoxy) is 1. The molecule has 0 atom stereocenters. The van der Waals surface area contributed by atoms with Gasteiger partial charge in [0.2, 0.25) is 0 Å². The number of nitrogens with zero attached hydrogens (tertiary/aromatic N) is 1. The van der Waals surface area contributed by atoms with Crippen molar-refractivity contribution in [2.24, 2.45) is 0 Å². The Morgan fingerprint density at radius 1 is 1.50 bits per heavy atom. The molecule has 0 saturated heterocycles. The van der Waals surface area contributed by atoms with Crippen LogP contribution in [0.25, 0.3) is 0 Å². The van der Waals surface area contributed by atoms with Crippen LogP contribution in [-0.2, 0) is 11.2 Å². The lowest BCUT2D eigenvalue weighted by Crippen LogP contribution is -2.05. The molecule has 1 aromatic heterocycles. The van der Waals surface area contributed by atoms with Crippen LogP contribution in [0, 0.1) is 0 Å². The minimum Gasteiger partial charge on any atom is -0.462 e. The maximum absolute atomic E-state index is 11.4. The second-order valence-corrected chi connectivity index (χ2v) is 3.44. The molecule has 1 aromatic rings. The molecule has 0 amide bonds. The number of aromatic nitrogens is 1. The van der Waals surface area contributed by atoms with E-state index < -0.39 is 0 Å². The molecule has 4 heteroatoms. The van der Waals surface area contributed by atoms with Gasteiger partial charge in [-0.05, 0) is 38.3 Å². The normalized spacial score (nSPS) is 10.1. The Balaban J connectivity index is 2.60. The molecule has 0 aliphatic carbocycles. The number of aryl methyl sites for hydroxylation is 1. The molecule has 16 heavy (non-hydrogen) atoms. The zero-order valence-electron chi connectivity index (χ0n) is 9.48. The number of carbonyl (C=O) groups is 1. The minimum atomic E-state index is -0.312. The number of pyridine rings is 1. The summed E-state index contributed by atoms with van der Waals surface area (Å²) in [5.74, 6) is -0.312. The highest BCUT2D eigenvalue weighted by atomic mass is 16.5. The number of esters is 1. The van der Waals surface area contributed by atoms with Crippen LogP contribution in [0.3, 0.4) is 0 Å². The van der Waals surface area contributed by atoms with Gasteiger partial charge in [-0.2, -0.15) is 0 Å². The zero-order chi connectivity index (χ0) is 11.8. The summed E-state index contributed by atoms with van der Waals surface area (Å²) in [6, 6.07) is 3.39. The van der Waals surface area contributed by atoms with Crippen molar-refractivity contribution in [3.8, 4) is 0 Å². The third kappa shape index (κ3) is 3.98. The summed E-state index contributed by atoms with van der Waals surface area (Å²) in [7, 11) is 0. The molecule has 0 spiro atoms. The lowest BCUT2D eigenvalue weighted by Gasteiger charge is -2.04. The lowest BCUT2D eigenvalue weighted by atomic mass is 10.1. The van der Waals surface area contributed by atoms with Crippen molar-refractivity contribution in [2.75, 3.05) is 13.2 Å². The Morgan fingerprint density at radius 3 is 3.00 bits per heavy atom. The van der Waals surface area contributed by atoms with Crippen LogP contribution in [0.1, 0.15) is 35.8 Å². The molecular weight excluding hydrogens is 206 g/mol. The number of aliphatic hydroxyl groups is 1. The summed E-state index contributed by atoms with van der Waals surface area (Å²) in [4.78, 5) is 15.6. The van der Waals surface area contributed by atoms with Gasteiger partial charge in [-0.15, -0.1) is 0 Å². The van der Waals surface area contributed by atoms with E-state index in [1.807, 2.05) is 0 Å². The molecule has 0 saturated carbocycles. The van der Waals surface area contributed by atoms with E-state index in [2.05, 4.69) is 4.98 Å². The van der Waals surface area contributed by atoms with E-state index in [4.69, 9.17) is 9.84 Å². The van der Waals surface area contributed by atoms with Crippen LogP contribution in [0.15, 0.2) is 18.3 Å². The van der Waals surface area contributed by atoms with Gasteiger partial charge >= 0.3 is 5.97 Å². The highest BCUT2D eigenvalue weighted by Gasteiger charge is 2.07. The number of aliphatic hydroxyl groups excluding tert-OH is 1. The Labute approximate surface area is 95.3 Å². The number of carbonyl (C=O) groups excluding carboxylic acids is 1. The van der Waals surface area contributed by atoms with Gasteiger partial charge in [0.15, 0.2) is 0 Å². The summed E-state index contributed by atoms with van der Waals surface area (Å²) in [6.07, 6.45) is 4.01. The summed E-state index contributed by atoms with van der Waals surface area (Å²) in [5, 5.41) is 8.66. The predicted octanol–water partition coefficient (Wildman–Crippen LogP) is 1.57. The first-order valence-corrected chi connectivity index (χ1v) is 5.50. The summed E-state index contributed by atoms with van der Waals surface area (Å²) >= 11 is 0. The number of unbranched alkanes of at least 4 members (excludes halogenated alkanes) is 1. The van der Waals surface area contributed by atoms with Crippen molar-refractivity contribution < 1.29 is 14.6 Å². The summed E-state index contributed by atoms with van der Waals surface area (Å²) < 4.78 is 4.90. The largest absolute Gasteiger partial charge is 0.462 e.